The van der Waals surface area contributed by atoms with Crippen LogP contribution in [0.1, 0.15) is 6.42 Å². The van der Waals surface area contributed by atoms with E-state index in [4.69, 9.17) is 28.3 Å². The molecule has 0 atom stereocenters. The van der Waals surface area contributed by atoms with Gasteiger partial charge >= 0.3 is 5.97 Å². The minimum Gasteiger partial charge on any atom is -0.481 e. The van der Waals surface area contributed by atoms with E-state index in [0.29, 0.717) is 27.9 Å². The second-order valence-electron chi connectivity index (χ2n) is 4.35. The third-order valence-corrected chi connectivity index (χ3v) is 4.48. The van der Waals surface area contributed by atoms with Crippen LogP contribution in [0.15, 0.2) is 23.8 Å². The van der Waals surface area contributed by atoms with Crippen LogP contribution in [0.5, 0.6) is 0 Å². The molecule has 0 aliphatic rings. The second-order valence-corrected chi connectivity index (χ2v) is 6.05. The molecule has 1 aromatic carbocycles. The molecule has 3 rings (SSSR count). The van der Waals surface area contributed by atoms with Crippen molar-refractivity contribution < 1.29 is 9.90 Å². The number of aliphatic carboxylic acids is 1. The Morgan fingerprint density at radius 1 is 1.33 bits per heavy atom. The molecule has 5 nitrogen and oxygen atoms in total. The Balaban J connectivity index is 2.20. The maximum absolute atomic E-state index is 10.9. The van der Waals surface area contributed by atoms with Crippen molar-refractivity contribution in [1.82, 2.24) is 14.5 Å². The number of carboxylic acids is 1. The number of rotatable bonds is 4. The van der Waals surface area contributed by atoms with Crippen molar-refractivity contribution in [3.63, 3.8) is 0 Å². The van der Waals surface area contributed by atoms with Crippen molar-refractivity contribution in [3.05, 3.63) is 33.9 Å². The van der Waals surface area contributed by atoms with Crippen molar-refractivity contribution in [1.29, 1.82) is 0 Å². The summed E-state index contributed by atoms with van der Waals surface area (Å²) < 4.78 is 1.83. The lowest BCUT2D eigenvalue weighted by atomic mass is 10.3. The summed E-state index contributed by atoms with van der Waals surface area (Å²) in [5.74, 6) is -0.195. The predicted octanol–water partition coefficient (Wildman–Crippen LogP) is 3.94. The van der Waals surface area contributed by atoms with E-state index in [-0.39, 0.29) is 6.42 Å². The van der Waals surface area contributed by atoms with Crippen LogP contribution >= 0.6 is 34.5 Å². The van der Waals surface area contributed by atoms with Crippen molar-refractivity contribution in [2.45, 2.75) is 13.0 Å². The summed E-state index contributed by atoms with van der Waals surface area (Å²) in [4.78, 5) is 20.3. The fraction of sp³-hybridized carbons (Fsp3) is 0.154. The number of imidazole rings is 1. The van der Waals surface area contributed by atoms with Crippen LogP contribution in [-0.2, 0) is 11.3 Å². The highest BCUT2D eigenvalue weighted by Gasteiger charge is 2.16. The fourth-order valence-electron chi connectivity index (χ4n) is 2.07. The summed E-state index contributed by atoms with van der Waals surface area (Å²) >= 11 is 13.5. The molecule has 0 aliphatic heterocycles. The Bertz CT molecular complexity index is 815. The van der Waals surface area contributed by atoms with E-state index in [1.165, 1.54) is 11.3 Å². The van der Waals surface area contributed by atoms with Gasteiger partial charge in [0.15, 0.2) is 5.82 Å². The molecule has 3 aromatic rings. The second kappa shape index (κ2) is 5.63. The SMILES string of the molecule is O=C(O)CCn1c(-c2cncs2)nc2cc(Cl)c(Cl)cc21. The predicted molar refractivity (Wildman–Crippen MR) is 83.1 cm³/mol. The lowest BCUT2D eigenvalue weighted by Gasteiger charge is -2.06. The van der Waals surface area contributed by atoms with Gasteiger partial charge in [0, 0.05) is 12.7 Å². The minimum absolute atomic E-state index is 0.00247. The average Bonchev–Trinajstić information content (AvgIpc) is 3.04. The van der Waals surface area contributed by atoms with E-state index < -0.39 is 5.97 Å². The normalized spacial score (nSPS) is 11.1. The van der Waals surface area contributed by atoms with Crippen LogP contribution in [0.3, 0.4) is 0 Å². The van der Waals surface area contributed by atoms with Crippen LogP contribution in [-0.4, -0.2) is 25.6 Å². The van der Waals surface area contributed by atoms with Gasteiger partial charge in [-0.2, -0.15) is 0 Å². The molecule has 2 heterocycles. The van der Waals surface area contributed by atoms with Crippen LogP contribution in [0.2, 0.25) is 10.0 Å². The number of aromatic nitrogens is 3. The molecule has 2 aromatic heterocycles. The van der Waals surface area contributed by atoms with Gasteiger partial charge in [-0.3, -0.25) is 9.78 Å². The zero-order valence-corrected chi connectivity index (χ0v) is 12.9. The number of hydrogen-bond acceptors (Lipinski definition) is 4. The minimum atomic E-state index is -0.868. The summed E-state index contributed by atoms with van der Waals surface area (Å²) in [6.45, 7) is 0.303. The first kappa shape index (κ1) is 14.3. The Morgan fingerprint density at radius 3 is 2.76 bits per heavy atom. The first-order chi connectivity index (χ1) is 10.1. The monoisotopic (exact) mass is 341 g/mol. The summed E-state index contributed by atoms with van der Waals surface area (Å²) in [6, 6.07) is 3.39. The third kappa shape index (κ3) is 2.74. The van der Waals surface area contributed by atoms with Gasteiger partial charge in [0.1, 0.15) is 0 Å². The van der Waals surface area contributed by atoms with Crippen molar-refractivity contribution in [2.24, 2.45) is 0 Å². The maximum atomic E-state index is 10.9. The number of carbonyl (C=O) groups is 1. The first-order valence-electron chi connectivity index (χ1n) is 6.02. The standard InChI is InChI=1S/C13H9Cl2N3O2S/c14-7-3-9-10(4-8(7)15)18(2-1-12(19)20)13(17-9)11-5-16-6-21-11/h3-6H,1-2H2,(H,19,20). The Kier molecular flexibility index (Phi) is 3.84. The molecule has 0 fully saturated rings. The number of aryl methyl sites for hydroxylation is 1. The number of benzene rings is 1. The van der Waals surface area contributed by atoms with E-state index in [1.54, 1.807) is 23.8 Å². The van der Waals surface area contributed by atoms with Gasteiger partial charge in [0.25, 0.3) is 0 Å². The Labute approximate surface area is 133 Å². The van der Waals surface area contributed by atoms with E-state index >= 15 is 0 Å². The Hall–Kier alpha value is -1.63. The van der Waals surface area contributed by atoms with E-state index in [9.17, 15) is 4.79 Å². The summed E-state index contributed by atoms with van der Waals surface area (Å²) in [7, 11) is 0. The lowest BCUT2D eigenvalue weighted by Crippen LogP contribution is -2.05. The lowest BCUT2D eigenvalue weighted by molar-refractivity contribution is -0.137. The molecule has 0 amide bonds. The largest absolute Gasteiger partial charge is 0.481 e. The van der Waals surface area contributed by atoms with E-state index in [1.807, 2.05) is 4.57 Å². The number of fused-ring (bicyclic) bond motifs is 1. The van der Waals surface area contributed by atoms with Gasteiger partial charge in [-0.1, -0.05) is 23.2 Å². The summed E-state index contributed by atoms with van der Waals surface area (Å²) in [5.41, 5.74) is 3.14. The smallest absolute Gasteiger partial charge is 0.305 e. The van der Waals surface area contributed by atoms with Crippen molar-refractivity contribution in [3.8, 4) is 10.7 Å². The molecular formula is C13H9Cl2N3O2S. The number of thiazole rings is 1. The Morgan fingerprint density at radius 2 is 2.10 bits per heavy atom. The van der Waals surface area contributed by atoms with Crippen LogP contribution < -0.4 is 0 Å². The van der Waals surface area contributed by atoms with E-state index in [0.717, 1.165) is 10.4 Å². The molecule has 21 heavy (non-hydrogen) atoms. The highest BCUT2D eigenvalue weighted by molar-refractivity contribution is 7.13. The molecule has 0 saturated heterocycles. The number of nitrogens with zero attached hydrogens (tertiary/aromatic N) is 3. The maximum Gasteiger partial charge on any atom is 0.305 e. The first-order valence-corrected chi connectivity index (χ1v) is 7.66. The number of halogens is 2. The molecule has 108 valence electrons. The topological polar surface area (TPSA) is 68.0 Å². The van der Waals surface area contributed by atoms with Crippen LogP contribution in [0.4, 0.5) is 0 Å². The summed E-state index contributed by atoms with van der Waals surface area (Å²) in [5, 5.41) is 9.75. The number of carboxylic acid groups (broad SMARTS) is 1. The summed E-state index contributed by atoms with van der Waals surface area (Å²) in [6.07, 6.45) is 1.70. The van der Waals surface area contributed by atoms with Crippen molar-refractivity contribution in [2.75, 3.05) is 0 Å². The highest BCUT2D eigenvalue weighted by atomic mass is 35.5. The van der Waals surface area contributed by atoms with Crippen LogP contribution in [0, 0.1) is 0 Å². The van der Waals surface area contributed by atoms with Gasteiger partial charge in [0.05, 0.1) is 37.9 Å². The number of hydrogen-bond donors (Lipinski definition) is 1. The molecule has 0 bridgehead atoms. The molecule has 0 saturated carbocycles. The van der Waals surface area contributed by atoms with Gasteiger partial charge in [-0.25, -0.2) is 4.98 Å². The third-order valence-electron chi connectivity index (χ3n) is 2.99. The van der Waals surface area contributed by atoms with Gasteiger partial charge in [-0.15, -0.1) is 11.3 Å². The molecule has 0 aliphatic carbocycles. The molecule has 1 N–H and O–H groups in total. The fourth-order valence-corrected chi connectivity index (χ4v) is 3.00. The highest BCUT2D eigenvalue weighted by Crippen LogP contribution is 2.32. The van der Waals surface area contributed by atoms with Gasteiger partial charge in [-0.05, 0) is 12.1 Å². The van der Waals surface area contributed by atoms with Crippen LogP contribution in [0.25, 0.3) is 21.7 Å². The average molecular weight is 342 g/mol. The molecule has 0 spiro atoms. The van der Waals surface area contributed by atoms with Crippen molar-refractivity contribution >= 4 is 51.5 Å². The van der Waals surface area contributed by atoms with Gasteiger partial charge in [0.2, 0.25) is 0 Å². The zero-order valence-electron chi connectivity index (χ0n) is 10.6. The molecule has 0 unspecified atom stereocenters. The van der Waals surface area contributed by atoms with E-state index in [2.05, 4.69) is 9.97 Å². The quantitative estimate of drug-likeness (QED) is 0.780. The van der Waals surface area contributed by atoms with Gasteiger partial charge < -0.3 is 9.67 Å². The zero-order chi connectivity index (χ0) is 15.0. The molecule has 8 heteroatoms. The molecular weight excluding hydrogens is 333 g/mol. The molecule has 0 radical (unpaired) electrons.